The van der Waals surface area contributed by atoms with Gasteiger partial charge in [0.15, 0.2) is 5.11 Å². The smallest absolute Gasteiger partial charge is 0.163 e. The molecule has 2 nitrogen and oxygen atoms in total. The number of nitrogens with two attached hydrogens (primary N) is 1. The van der Waals surface area contributed by atoms with Crippen molar-refractivity contribution < 1.29 is 0 Å². The molecule has 0 radical (unpaired) electrons. The van der Waals surface area contributed by atoms with Gasteiger partial charge < -0.3 is 11.1 Å². The molecule has 0 aliphatic carbocycles. The highest BCUT2D eigenvalue weighted by molar-refractivity contribution is 7.80. The van der Waals surface area contributed by atoms with Crippen LogP contribution < -0.4 is 11.1 Å². The van der Waals surface area contributed by atoms with Gasteiger partial charge in [0, 0.05) is 6.04 Å². The zero-order chi connectivity index (χ0) is 8.69. The fraction of sp³-hybridized carbons (Fsp3) is 0.875. The van der Waals surface area contributed by atoms with Crippen molar-refractivity contribution >= 4 is 17.3 Å². The lowest BCUT2D eigenvalue weighted by Gasteiger charge is -2.15. The molecule has 0 aliphatic heterocycles. The summed E-state index contributed by atoms with van der Waals surface area (Å²) in [6.45, 7) is 4.33. The summed E-state index contributed by atoms with van der Waals surface area (Å²) in [5.41, 5.74) is 5.36. The van der Waals surface area contributed by atoms with Crippen molar-refractivity contribution in [1.82, 2.24) is 5.32 Å². The van der Waals surface area contributed by atoms with Gasteiger partial charge in [0.05, 0.1) is 0 Å². The van der Waals surface area contributed by atoms with Gasteiger partial charge in [-0.2, -0.15) is 0 Å². The topological polar surface area (TPSA) is 38.0 Å². The number of rotatable bonds is 5. The lowest BCUT2D eigenvalue weighted by atomic mass is 10.1. The average molecular weight is 174 g/mol. The van der Waals surface area contributed by atoms with Gasteiger partial charge in [-0.1, -0.05) is 26.7 Å². The maximum Gasteiger partial charge on any atom is 0.163 e. The van der Waals surface area contributed by atoms with E-state index in [2.05, 4.69) is 19.2 Å². The highest BCUT2D eigenvalue weighted by atomic mass is 32.1. The monoisotopic (exact) mass is 174 g/mol. The van der Waals surface area contributed by atoms with E-state index in [4.69, 9.17) is 18.0 Å². The Balaban J connectivity index is 3.49. The summed E-state index contributed by atoms with van der Waals surface area (Å²) in [6, 6.07) is 0.479. The normalized spacial score (nSPS) is 12.5. The van der Waals surface area contributed by atoms with Crippen LogP contribution in [-0.2, 0) is 0 Å². The quantitative estimate of drug-likeness (QED) is 0.624. The lowest BCUT2D eigenvalue weighted by Crippen LogP contribution is -2.37. The number of nitrogens with one attached hydrogen (secondary N) is 1. The second-order valence-electron chi connectivity index (χ2n) is 2.76. The summed E-state index contributed by atoms with van der Waals surface area (Å²) in [5.74, 6) is 0. The molecular weight excluding hydrogens is 156 g/mol. The molecule has 0 fully saturated rings. The van der Waals surface area contributed by atoms with Gasteiger partial charge >= 0.3 is 0 Å². The molecular formula is C8H18N2S. The van der Waals surface area contributed by atoms with Crippen molar-refractivity contribution in [2.75, 3.05) is 0 Å². The highest BCUT2D eigenvalue weighted by Gasteiger charge is 2.03. The van der Waals surface area contributed by atoms with Crippen molar-refractivity contribution in [3.63, 3.8) is 0 Å². The fourth-order valence-corrected chi connectivity index (χ4v) is 1.20. The minimum absolute atomic E-state index is 0.424. The van der Waals surface area contributed by atoms with Gasteiger partial charge in [-0.3, -0.25) is 0 Å². The van der Waals surface area contributed by atoms with Crippen LogP contribution in [0.2, 0.25) is 0 Å². The zero-order valence-corrected chi connectivity index (χ0v) is 8.21. The molecule has 0 bridgehead atoms. The summed E-state index contributed by atoms with van der Waals surface area (Å²) in [6.07, 6.45) is 4.74. The molecule has 0 spiro atoms. The molecule has 0 heterocycles. The van der Waals surface area contributed by atoms with E-state index in [1.807, 2.05) is 0 Å². The van der Waals surface area contributed by atoms with E-state index in [0.29, 0.717) is 11.2 Å². The summed E-state index contributed by atoms with van der Waals surface area (Å²) < 4.78 is 0. The second kappa shape index (κ2) is 6.40. The molecule has 0 aromatic rings. The van der Waals surface area contributed by atoms with Gasteiger partial charge in [-0.05, 0) is 25.1 Å². The summed E-state index contributed by atoms with van der Waals surface area (Å²) in [7, 11) is 0. The molecule has 1 atom stereocenters. The first-order chi connectivity index (χ1) is 5.20. The first-order valence-corrected chi connectivity index (χ1v) is 4.67. The van der Waals surface area contributed by atoms with Crippen LogP contribution in [0.1, 0.15) is 39.5 Å². The molecule has 0 saturated carbocycles. The zero-order valence-electron chi connectivity index (χ0n) is 7.39. The van der Waals surface area contributed by atoms with Crippen molar-refractivity contribution in [2.45, 2.75) is 45.6 Å². The van der Waals surface area contributed by atoms with Crippen LogP contribution in [0.4, 0.5) is 0 Å². The Morgan fingerprint density at radius 1 is 1.55 bits per heavy atom. The Kier molecular flexibility index (Phi) is 6.22. The Labute approximate surface area is 74.5 Å². The highest BCUT2D eigenvalue weighted by Crippen LogP contribution is 2.03. The minimum atomic E-state index is 0.424. The molecule has 0 rings (SSSR count). The second-order valence-corrected chi connectivity index (χ2v) is 3.20. The van der Waals surface area contributed by atoms with Crippen molar-refractivity contribution in [3.8, 4) is 0 Å². The first-order valence-electron chi connectivity index (χ1n) is 4.26. The van der Waals surface area contributed by atoms with Gasteiger partial charge in [-0.25, -0.2) is 0 Å². The summed E-state index contributed by atoms with van der Waals surface area (Å²) >= 11 is 4.76. The first kappa shape index (κ1) is 10.7. The summed E-state index contributed by atoms with van der Waals surface area (Å²) in [5, 5.41) is 3.50. The molecule has 0 amide bonds. The molecule has 11 heavy (non-hydrogen) atoms. The molecule has 3 N–H and O–H groups in total. The van der Waals surface area contributed by atoms with Gasteiger partial charge in [-0.15, -0.1) is 0 Å². The van der Waals surface area contributed by atoms with Gasteiger partial charge in [0.25, 0.3) is 0 Å². The number of hydrogen-bond donors (Lipinski definition) is 2. The van der Waals surface area contributed by atoms with E-state index in [9.17, 15) is 0 Å². The lowest BCUT2D eigenvalue weighted by molar-refractivity contribution is 0.520. The van der Waals surface area contributed by atoms with E-state index in [1.165, 1.54) is 19.3 Å². The molecule has 1 unspecified atom stereocenters. The van der Waals surface area contributed by atoms with Crippen LogP contribution in [0.15, 0.2) is 0 Å². The van der Waals surface area contributed by atoms with Gasteiger partial charge in [0.1, 0.15) is 0 Å². The molecule has 0 aliphatic rings. The number of thiocarbonyl (C=S) groups is 1. The predicted octanol–water partition coefficient (Wildman–Crippen LogP) is 1.79. The van der Waals surface area contributed by atoms with E-state index < -0.39 is 0 Å². The SMILES string of the molecule is CCCCC(CC)NC(N)=S. The Bertz CT molecular complexity index is 115. The van der Waals surface area contributed by atoms with Crippen LogP contribution in [0.25, 0.3) is 0 Å². The molecule has 66 valence electrons. The third kappa shape index (κ3) is 6.10. The van der Waals surface area contributed by atoms with Crippen molar-refractivity contribution in [1.29, 1.82) is 0 Å². The van der Waals surface area contributed by atoms with Crippen LogP contribution in [0.3, 0.4) is 0 Å². The minimum Gasteiger partial charge on any atom is -0.376 e. The molecule has 0 aromatic carbocycles. The van der Waals surface area contributed by atoms with Crippen LogP contribution in [0, 0.1) is 0 Å². The maximum atomic E-state index is 5.36. The van der Waals surface area contributed by atoms with Crippen molar-refractivity contribution in [2.24, 2.45) is 5.73 Å². The number of unbranched alkanes of at least 4 members (excludes halogenated alkanes) is 1. The van der Waals surface area contributed by atoms with Crippen LogP contribution in [-0.4, -0.2) is 11.2 Å². The standard InChI is InChI=1S/C8H18N2S/c1-3-5-6-7(4-2)10-8(9)11/h7H,3-6H2,1-2H3,(H3,9,10,11). The van der Waals surface area contributed by atoms with E-state index >= 15 is 0 Å². The molecule has 0 saturated heterocycles. The Morgan fingerprint density at radius 2 is 2.18 bits per heavy atom. The molecule has 3 heteroatoms. The van der Waals surface area contributed by atoms with E-state index in [0.717, 1.165) is 6.42 Å². The van der Waals surface area contributed by atoms with E-state index in [-0.39, 0.29) is 0 Å². The third-order valence-corrected chi connectivity index (χ3v) is 1.86. The van der Waals surface area contributed by atoms with Crippen LogP contribution in [0.5, 0.6) is 0 Å². The average Bonchev–Trinajstić information content (AvgIpc) is 1.97. The van der Waals surface area contributed by atoms with E-state index in [1.54, 1.807) is 0 Å². The predicted molar refractivity (Wildman–Crippen MR) is 53.5 cm³/mol. The van der Waals surface area contributed by atoms with Gasteiger partial charge in [0.2, 0.25) is 0 Å². The summed E-state index contributed by atoms with van der Waals surface area (Å²) in [4.78, 5) is 0. The third-order valence-electron chi connectivity index (χ3n) is 1.75. The fourth-order valence-electron chi connectivity index (χ4n) is 1.03. The molecule has 0 aromatic heterocycles. The number of hydrogen-bond acceptors (Lipinski definition) is 1. The maximum absolute atomic E-state index is 5.36. The Morgan fingerprint density at radius 3 is 2.55 bits per heavy atom. The largest absolute Gasteiger partial charge is 0.376 e. The Hall–Kier alpha value is -0.310. The van der Waals surface area contributed by atoms with Crippen LogP contribution >= 0.6 is 12.2 Å². The van der Waals surface area contributed by atoms with Crippen molar-refractivity contribution in [3.05, 3.63) is 0 Å².